The summed E-state index contributed by atoms with van der Waals surface area (Å²) in [5.41, 5.74) is -12.9. The van der Waals surface area contributed by atoms with Gasteiger partial charge in [-0.1, -0.05) is 0 Å². The molecule has 0 fully saturated rings. The van der Waals surface area contributed by atoms with Gasteiger partial charge in [0.05, 0.1) is 6.61 Å². The number of phenols is 9. The van der Waals surface area contributed by atoms with E-state index in [0.717, 1.165) is 0 Å². The van der Waals surface area contributed by atoms with Gasteiger partial charge >= 0.3 is 0 Å². The molecule has 3 rings (SSSR count). The number of phenolic OH excluding ortho intramolecular Hbond substituents is 9. The van der Waals surface area contributed by atoms with Gasteiger partial charge in [0.2, 0.25) is 34.3 Å². The van der Waals surface area contributed by atoms with Crippen LogP contribution in [0.2, 0.25) is 0 Å². The number of carbonyl (C=O) groups is 4. The highest BCUT2D eigenvalue weighted by atomic mass is 16.4. The van der Waals surface area contributed by atoms with E-state index in [1.165, 1.54) is 0 Å². The minimum absolute atomic E-state index is 0.263. The third kappa shape index (κ3) is 5.34. The Bertz CT molecular complexity index is 1590. The van der Waals surface area contributed by atoms with Gasteiger partial charge in [-0.2, -0.15) is 0 Å². The van der Waals surface area contributed by atoms with Crippen molar-refractivity contribution in [2.24, 2.45) is 0 Å². The summed E-state index contributed by atoms with van der Waals surface area (Å²) in [4.78, 5) is 54.7. The van der Waals surface area contributed by atoms with Crippen LogP contribution in [0, 0.1) is 0 Å². The molecule has 0 unspecified atom stereocenters. The topological polar surface area (TPSA) is 352 Å². The maximum absolute atomic E-state index is 13.9. The number of Topliss-reactive ketones (excluding diaryl/α,β-unsaturated/α-hetero) is 4. The maximum atomic E-state index is 13.9. The lowest BCUT2D eigenvalue weighted by Crippen LogP contribution is -2.75. The Labute approximate surface area is 249 Å². The summed E-state index contributed by atoms with van der Waals surface area (Å²) in [5.74, 6) is -20.7. The standard InChI is InChI=1S/C27H24O18/c28-7-17(35)24(42)27(45,25(43)18(36)8-1-11(29)19(37)12(30)2-8)26(44,22(40)9-3-13(31)20(38)14(32)4-9)23(41)10-5-15(33)21(39)16(34)6-10/h1-6,17,24,28-35,37-39,42,44-45H,7H2/t17-,24-,27-/m1/s1. The SMILES string of the molecule is O=C(C(=O)[C@](O)([C@H](O)[C@H](O)CO)C(O)(C(=O)c1cc(O)c(O)c(O)c1)C(=O)c1cc(O)c(O)c(O)c1)c1cc(O)c(O)c(O)c1. The Hall–Kier alpha value is -5.66. The Kier molecular flexibility index (Phi) is 8.86. The van der Waals surface area contributed by atoms with Crippen molar-refractivity contribution in [3.8, 4) is 51.7 Å². The fourth-order valence-electron chi connectivity index (χ4n) is 4.27. The van der Waals surface area contributed by atoms with Gasteiger partial charge in [0.1, 0.15) is 12.2 Å². The molecule has 45 heavy (non-hydrogen) atoms. The van der Waals surface area contributed by atoms with Gasteiger partial charge in [-0.15, -0.1) is 0 Å². The number of rotatable bonds is 11. The largest absolute Gasteiger partial charge is 0.504 e. The Morgan fingerprint density at radius 3 is 1.13 bits per heavy atom. The molecular formula is C27H24O18. The van der Waals surface area contributed by atoms with Crippen LogP contribution in [0.25, 0.3) is 0 Å². The summed E-state index contributed by atoms with van der Waals surface area (Å²) in [7, 11) is 0. The molecule has 0 bridgehead atoms. The van der Waals surface area contributed by atoms with Gasteiger partial charge in [0.15, 0.2) is 51.7 Å². The average molecular weight is 636 g/mol. The first kappa shape index (κ1) is 33.8. The Morgan fingerprint density at radius 2 is 0.844 bits per heavy atom. The molecule has 0 heterocycles. The zero-order valence-electron chi connectivity index (χ0n) is 22.2. The number of aromatic hydroxyl groups is 9. The molecule has 3 aromatic rings. The zero-order valence-corrected chi connectivity index (χ0v) is 22.2. The first-order chi connectivity index (χ1) is 20.7. The number of benzene rings is 3. The number of hydrogen-bond donors (Lipinski definition) is 14. The highest BCUT2D eigenvalue weighted by Crippen LogP contribution is 2.43. The van der Waals surface area contributed by atoms with E-state index in [-0.39, 0.29) is 24.3 Å². The molecule has 3 aromatic carbocycles. The first-order valence-corrected chi connectivity index (χ1v) is 12.1. The van der Waals surface area contributed by atoms with Crippen molar-refractivity contribution in [3.05, 3.63) is 53.1 Å². The Morgan fingerprint density at radius 1 is 0.556 bits per heavy atom. The van der Waals surface area contributed by atoms with Crippen LogP contribution in [0.3, 0.4) is 0 Å². The second-order valence-corrected chi connectivity index (χ2v) is 9.58. The first-order valence-electron chi connectivity index (χ1n) is 12.1. The smallest absolute Gasteiger partial charge is 0.241 e. The van der Waals surface area contributed by atoms with Gasteiger partial charge < -0.3 is 71.5 Å². The minimum atomic E-state index is -4.64. The molecular weight excluding hydrogens is 612 g/mol. The lowest BCUT2D eigenvalue weighted by molar-refractivity contribution is -0.193. The summed E-state index contributed by atoms with van der Waals surface area (Å²) in [6.07, 6.45) is -6.17. The fourth-order valence-corrected chi connectivity index (χ4v) is 4.27. The van der Waals surface area contributed by atoms with E-state index in [1.54, 1.807) is 0 Å². The lowest BCUT2D eigenvalue weighted by atomic mass is 9.66. The molecule has 3 atom stereocenters. The van der Waals surface area contributed by atoms with Crippen LogP contribution in [0.4, 0.5) is 0 Å². The normalized spacial score (nSPS) is 14.2. The van der Waals surface area contributed by atoms with Gasteiger partial charge in [0, 0.05) is 16.7 Å². The van der Waals surface area contributed by atoms with Crippen LogP contribution in [-0.2, 0) is 4.79 Å². The van der Waals surface area contributed by atoms with Gasteiger partial charge in [-0.25, -0.2) is 0 Å². The summed E-state index contributed by atoms with van der Waals surface area (Å²) < 4.78 is 0. The van der Waals surface area contributed by atoms with Crippen molar-refractivity contribution in [1.29, 1.82) is 0 Å². The number of aliphatic hydroxyl groups excluding tert-OH is 3. The van der Waals surface area contributed by atoms with Crippen molar-refractivity contribution in [2.75, 3.05) is 6.61 Å². The molecule has 0 aliphatic carbocycles. The van der Waals surface area contributed by atoms with Crippen LogP contribution in [0.15, 0.2) is 36.4 Å². The van der Waals surface area contributed by atoms with Crippen molar-refractivity contribution in [3.63, 3.8) is 0 Å². The van der Waals surface area contributed by atoms with Crippen molar-refractivity contribution in [2.45, 2.75) is 23.4 Å². The van der Waals surface area contributed by atoms with E-state index in [2.05, 4.69) is 0 Å². The number of aliphatic hydroxyl groups is 5. The van der Waals surface area contributed by atoms with E-state index in [0.29, 0.717) is 12.1 Å². The molecule has 0 aliphatic rings. The molecule has 14 N–H and O–H groups in total. The quantitative estimate of drug-likeness (QED) is 0.0456. The van der Waals surface area contributed by atoms with Crippen LogP contribution in [0.1, 0.15) is 31.1 Å². The predicted molar refractivity (Wildman–Crippen MR) is 141 cm³/mol. The predicted octanol–water partition coefficient (Wildman–Crippen LogP) is -2.27. The molecule has 0 spiro atoms. The zero-order chi connectivity index (χ0) is 34.3. The molecule has 18 nitrogen and oxygen atoms in total. The van der Waals surface area contributed by atoms with E-state index >= 15 is 0 Å². The van der Waals surface area contributed by atoms with Crippen LogP contribution in [-0.4, -0.2) is 125 Å². The van der Waals surface area contributed by atoms with Crippen LogP contribution in [0.5, 0.6) is 51.7 Å². The third-order valence-corrected chi connectivity index (χ3v) is 6.74. The maximum Gasteiger partial charge on any atom is 0.241 e. The molecule has 0 amide bonds. The average Bonchev–Trinajstić information content (AvgIpc) is 3.00. The molecule has 240 valence electrons. The molecule has 0 radical (unpaired) electrons. The minimum Gasteiger partial charge on any atom is -0.504 e. The van der Waals surface area contributed by atoms with Crippen LogP contribution < -0.4 is 0 Å². The van der Waals surface area contributed by atoms with Gasteiger partial charge in [-0.05, 0) is 36.4 Å². The number of hydrogen-bond acceptors (Lipinski definition) is 18. The highest BCUT2D eigenvalue weighted by molar-refractivity contribution is 6.48. The molecule has 18 heteroatoms. The monoisotopic (exact) mass is 636 g/mol. The van der Waals surface area contributed by atoms with E-state index in [1.807, 2.05) is 0 Å². The fraction of sp³-hybridized carbons (Fsp3) is 0.185. The Balaban J connectivity index is 2.47. The molecule has 0 aliphatic heterocycles. The van der Waals surface area contributed by atoms with E-state index < -0.39 is 122 Å². The second kappa shape index (κ2) is 11.8. The van der Waals surface area contributed by atoms with E-state index in [9.17, 15) is 90.7 Å². The van der Waals surface area contributed by atoms with Gasteiger partial charge in [-0.3, -0.25) is 19.2 Å². The summed E-state index contributed by atoms with van der Waals surface area (Å²) in [6, 6.07) is 1.69. The van der Waals surface area contributed by atoms with Crippen LogP contribution >= 0.6 is 0 Å². The number of ketones is 4. The number of carbonyl (C=O) groups excluding carboxylic acids is 4. The summed E-state index contributed by atoms with van der Waals surface area (Å²) >= 11 is 0. The molecule has 0 saturated carbocycles. The van der Waals surface area contributed by atoms with Crippen molar-refractivity contribution in [1.82, 2.24) is 0 Å². The van der Waals surface area contributed by atoms with Crippen molar-refractivity contribution >= 4 is 23.1 Å². The van der Waals surface area contributed by atoms with Gasteiger partial charge in [0.25, 0.3) is 0 Å². The van der Waals surface area contributed by atoms with E-state index in [4.69, 9.17) is 0 Å². The van der Waals surface area contributed by atoms with Crippen molar-refractivity contribution < 1.29 is 90.7 Å². The molecule has 0 saturated heterocycles. The molecule has 0 aromatic heterocycles. The summed E-state index contributed by atoms with van der Waals surface area (Å²) in [6.45, 7) is -1.59. The second-order valence-electron chi connectivity index (χ2n) is 9.58. The highest BCUT2D eigenvalue weighted by Gasteiger charge is 2.69. The lowest BCUT2D eigenvalue weighted by Gasteiger charge is -2.43. The summed E-state index contributed by atoms with van der Waals surface area (Å²) in [5, 5.41) is 142. The third-order valence-electron chi connectivity index (χ3n) is 6.74.